The number of aromatic nitrogens is 4. The molecule has 0 radical (unpaired) electrons. The largest absolute Gasteiger partial charge is 0.504 e. The highest BCUT2D eigenvalue weighted by molar-refractivity contribution is 6.49. The van der Waals surface area contributed by atoms with E-state index in [0.29, 0.717) is 59.7 Å². The molecule has 0 spiro atoms. The minimum absolute atomic E-state index is 0.139. The van der Waals surface area contributed by atoms with Gasteiger partial charge in [-0.15, -0.1) is 13.2 Å². The summed E-state index contributed by atoms with van der Waals surface area (Å²) >= 11 is 0. The summed E-state index contributed by atoms with van der Waals surface area (Å²) in [6, 6.07) is 17.4. The number of alkyl halides is 3. The number of carbonyl (C=O) groups is 3. The van der Waals surface area contributed by atoms with E-state index in [4.69, 9.17) is 4.74 Å². The van der Waals surface area contributed by atoms with Crippen LogP contribution in [0.4, 0.5) is 19.0 Å². The zero-order chi connectivity index (χ0) is 34.9. The molecule has 15 heteroatoms. The normalized spacial score (nSPS) is 17.3. The van der Waals surface area contributed by atoms with Gasteiger partial charge in [-0.3, -0.25) is 24.2 Å². The van der Waals surface area contributed by atoms with Crippen molar-refractivity contribution >= 4 is 29.3 Å². The SMILES string of the molecule is C=C(CN(C)C1COC1)C(=O)NCc1cccc([C@H]2C(=NC(=O)c3ccn(C(F)(F)F)n3)C(=O)N(CC)c3c2cnn3-c2ccccc2)c1. The van der Waals surface area contributed by atoms with Crippen LogP contribution in [0.1, 0.15) is 40.0 Å². The van der Waals surface area contributed by atoms with Gasteiger partial charge in [0.25, 0.3) is 11.8 Å². The summed E-state index contributed by atoms with van der Waals surface area (Å²) in [6.07, 6.45) is -2.64. The number of fused-ring (bicyclic) bond motifs is 1. The molecule has 2 aromatic carbocycles. The van der Waals surface area contributed by atoms with E-state index in [1.54, 1.807) is 42.1 Å². The summed E-state index contributed by atoms with van der Waals surface area (Å²) < 4.78 is 46.2. The summed E-state index contributed by atoms with van der Waals surface area (Å²) in [6.45, 7) is 7.60. The van der Waals surface area contributed by atoms with Crippen LogP contribution in [0.15, 0.2) is 90.2 Å². The van der Waals surface area contributed by atoms with Gasteiger partial charge in [0.1, 0.15) is 11.5 Å². The Hall–Kier alpha value is -5.41. The number of para-hydroxylation sites is 1. The first-order valence-corrected chi connectivity index (χ1v) is 15.5. The summed E-state index contributed by atoms with van der Waals surface area (Å²) in [5, 5.41) is 10.8. The number of nitrogens with zero attached hydrogens (tertiary/aromatic N) is 7. The van der Waals surface area contributed by atoms with Crippen molar-refractivity contribution in [3.63, 3.8) is 0 Å². The van der Waals surface area contributed by atoms with Crippen molar-refractivity contribution in [1.82, 2.24) is 29.8 Å². The summed E-state index contributed by atoms with van der Waals surface area (Å²) in [5.41, 5.74) is 2.10. The number of carbonyl (C=O) groups excluding carboxylic acids is 3. The number of ether oxygens (including phenoxy) is 1. The van der Waals surface area contributed by atoms with Crippen LogP contribution in [0.5, 0.6) is 0 Å². The van der Waals surface area contributed by atoms with Crippen LogP contribution in [0.25, 0.3) is 5.69 Å². The van der Waals surface area contributed by atoms with Crippen molar-refractivity contribution in [2.45, 2.75) is 31.7 Å². The highest BCUT2D eigenvalue weighted by Crippen LogP contribution is 2.40. The molecule has 1 atom stereocenters. The van der Waals surface area contributed by atoms with Crippen molar-refractivity contribution in [1.29, 1.82) is 0 Å². The van der Waals surface area contributed by atoms with Gasteiger partial charge < -0.3 is 10.1 Å². The molecule has 12 nitrogen and oxygen atoms in total. The monoisotopic (exact) mass is 674 g/mol. The molecule has 0 saturated carbocycles. The topological polar surface area (TPSA) is 127 Å². The lowest BCUT2D eigenvalue weighted by molar-refractivity contribution is -0.212. The third-order valence-corrected chi connectivity index (χ3v) is 8.43. The highest BCUT2D eigenvalue weighted by Gasteiger charge is 2.42. The Labute approximate surface area is 279 Å². The Kier molecular flexibility index (Phi) is 9.30. The van der Waals surface area contributed by atoms with Crippen molar-refractivity contribution in [3.8, 4) is 5.69 Å². The maximum atomic E-state index is 14.2. The Morgan fingerprint density at radius 2 is 1.88 bits per heavy atom. The number of halogens is 3. The van der Waals surface area contributed by atoms with Gasteiger partial charge in [-0.1, -0.05) is 49.0 Å². The smallest absolute Gasteiger partial charge is 0.378 e. The minimum atomic E-state index is -4.83. The van der Waals surface area contributed by atoms with Crippen LogP contribution >= 0.6 is 0 Å². The maximum Gasteiger partial charge on any atom is 0.504 e. The third kappa shape index (κ3) is 6.80. The zero-order valence-corrected chi connectivity index (χ0v) is 26.7. The molecule has 49 heavy (non-hydrogen) atoms. The molecule has 2 aliphatic rings. The molecule has 3 amide bonds. The molecule has 1 fully saturated rings. The van der Waals surface area contributed by atoms with Crippen LogP contribution in [-0.4, -0.2) is 87.3 Å². The van der Waals surface area contributed by atoms with Crippen molar-refractivity contribution in [3.05, 3.63) is 108 Å². The van der Waals surface area contributed by atoms with Crippen molar-refractivity contribution in [2.75, 3.05) is 38.3 Å². The number of amides is 3. The second-order valence-electron chi connectivity index (χ2n) is 11.7. The molecule has 0 aliphatic carbocycles. The molecule has 6 rings (SSSR count). The Balaban J connectivity index is 1.36. The van der Waals surface area contributed by atoms with Crippen molar-refractivity contribution < 1.29 is 32.3 Å². The molecule has 254 valence electrons. The van der Waals surface area contributed by atoms with Gasteiger partial charge in [-0.05, 0) is 43.3 Å². The number of nitrogens with one attached hydrogen (secondary N) is 1. The second kappa shape index (κ2) is 13.6. The van der Waals surface area contributed by atoms with Gasteiger partial charge in [0, 0.05) is 37.0 Å². The molecule has 1 saturated heterocycles. The molecule has 2 aliphatic heterocycles. The van der Waals surface area contributed by atoms with Crippen LogP contribution in [0.3, 0.4) is 0 Å². The molecule has 2 aromatic heterocycles. The first kappa shape index (κ1) is 33.5. The van der Waals surface area contributed by atoms with E-state index in [1.807, 2.05) is 42.3 Å². The molecular formula is C34H33F3N8O4. The number of aliphatic imine (C=N–C) groups is 1. The first-order chi connectivity index (χ1) is 23.5. The number of anilines is 1. The van der Waals surface area contributed by atoms with Gasteiger partial charge in [-0.2, -0.15) is 14.9 Å². The quantitative estimate of drug-likeness (QED) is 0.254. The van der Waals surface area contributed by atoms with Gasteiger partial charge in [-0.25, -0.2) is 9.67 Å². The van der Waals surface area contributed by atoms with E-state index < -0.39 is 29.7 Å². The average molecular weight is 675 g/mol. The van der Waals surface area contributed by atoms with E-state index in [9.17, 15) is 27.6 Å². The van der Waals surface area contributed by atoms with Crippen LogP contribution < -0.4 is 10.2 Å². The lowest BCUT2D eigenvalue weighted by Gasteiger charge is -2.34. The molecule has 0 bridgehead atoms. The number of likely N-dealkylation sites (N-methyl/N-ethyl adjacent to an activating group) is 1. The average Bonchev–Trinajstić information content (AvgIpc) is 3.73. The summed E-state index contributed by atoms with van der Waals surface area (Å²) in [5.74, 6) is -2.50. The Morgan fingerprint density at radius 3 is 2.53 bits per heavy atom. The van der Waals surface area contributed by atoms with Gasteiger partial charge in [0.05, 0.1) is 37.1 Å². The number of hydrogen-bond acceptors (Lipinski definition) is 7. The number of benzene rings is 2. The predicted molar refractivity (Wildman–Crippen MR) is 173 cm³/mol. The van der Waals surface area contributed by atoms with E-state index in [-0.39, 0.29) is 35.4 Å². The predicted octanol–water partition coefficient (Wildman–Crippen LogP) is 3.83. The van der Waals surface area contributed by atoms with Crippen LogP contribution in [0.2, 0.25) is 0 Å². The molecular weight excluding hydrogens is 641 g/mol. The lowest BCUT2D eigenvalue weighted by Crippen LogP contribution is -2.48. The fourth-order valence-corrected chi connectivity index (χ4v) is 5.75. The Morgan fingerprint density at radius 1 is 1.12 bits per heavy atom. The van der Waals surface area contributed by atoms with E-state index in [2.05, 4.69) is 27.1 Å². The van der Waals surface area contributed by atoms with Crippen LogP contribution in [-0.2, 0) is 27.2 Å². The zero-order valence-electron chi connectivity index (χ0n) is 26.7. The minimum Gasteiger partial charge on any atom is -0.378 e. The molecule has 0 unspecified atom stereocenters. The van der Waals surface area contributed by atoms with Gasteiger partial charge in [0.15, 0.2) is 5.69 Å². The molecule has 4 aromatic rings. The lowest BCUT2D eigenvalue weighted by atomic mass is 9.84. The molecule has 1 N–H and O–H groups in total. The molecule has 4 heterocycles. The van der Waals surface area contributed by atoms with E-state index in [0.717, 1.165) is 6.07 Å². The number of rotatable bonds is 10. The second-order valence-corrected chi connectivity index (χ2v) is 11.7. The van der Waals surface area contributed by atoms with E-state index >= 15 is 0 Å². The van der Waals surface area contributed by atoms with Gasteiger partial charge in [0.2, 0.25) is 5.91 Å². The van der Waals surface area contributed by atoms with Gasteiger partial charge >= 0.3 is 6.30 Å². The fourth-order valence-electron chi connectivity index (χ4n) is 5.75. The van der Waals surface area contributed by atoms with Crippen molar-refractivity contribution in [2.24, 2.45) is 4.99 Å². The van der Waals surface area contributed by atoms with E-state index in [1.165, 1.54) is 4.90 Å². The highest BCUT2D eigenvalue weighted by atomic mass is 19.4. The number of hydrogen-bond donors (Lipinski definition) is 1. The summed E-state index contributed by atoms with van der Waals surface area (Å²) in [4.78, 5) is 47.9. The standard InChI is InChI=1S/C34H33F3N8O4/c1-4-43-32-26(17-39-45(32)24-11-6-5-7-12-24)28(29(33(43)48)40-31(47)27-13-14-44(41-27)34(35,36)37)23-10-8-9-22(15-23)16-38-30(46)21(2)18-42(3)25-19-49-20-25/h5-15,17,25,28H,2,4,16,18-20H2,1,3H3,(H,38,46)/t28-/m1/s1. The fraction of sp³-hybridized carbons (Fsp3) is 0.294. The van der Waals surface area contributed by atoms with Crippen LogP contribution in [0, 0.1) is 0 Å². The Bertz CT molecular complexity index is 1930. The maximum absolute atomic E-state index is 14.2. The first-order valence-electron chi connectivity index (χ1n) is 15.5. The third-order valence-electron chi connectivity index (χ3n) is 8.43. The summed E-state index contributed by atoms with van der Waals surface area (Å²) in [7, 11) is 1.90.